The number of rotatable bonds is 8. The molecule has 2 rings (SSSR count). The number of nitrogens with zero attached hydrogens (tertiary/aromatic N) is 2. The Labute approximate surface area is 157 Å². The third kappa shape index (κ3) is 7.04. The molecule has 0 bridgehead atoms. The van der Waals surface area contributed by atoms with Crippen LogP contribution in [0.2, 0.25) is 0 Å². The number of likely N-dealkylation sites (tertiary alicyclic amines) is 1. The lowest BCUT2D eigenvalue weighted by molar-refractivity contribution is -0.130. The summed E-state index contributed by atoms with van der Waals surface area (Å²) in [5, 5.41) is 6.30. The third-order valence-corrected chi connectivity index (χ3v) is 4.65. The van der Waals surface area contributed by atoms with E-state index in [2.05, 4.69) is 46.0 Å². The van der Waals surface area contributed by atoms with Crippen LogP contribution in [0.1, 0.15) is 25.3 Å². The zero-order chi connectivity index (χ0) is 18.6. The maximum Gasteiger partial charge on any atom is 0.244 e. The highest BCUT2D eigenvalue weighted by Gasteiger charge is 2.22. The van der Waals surface area contributed by atoms with Crippen LogP contribution in [0.25, 0.3) is 0 Å². The van der Waals surface area contributed by atoms with E-state index in [-0.39, 0.29) is 12.5 Å². The lowest BCUT2D eigenvalue weighted by Crippen LogP contribution is -2.42. The van der Waals surface area contributed by atoms with Crippen molar-refractivity contribution >= 4 is 11.9 Å². The standard InChI is InChI=1S/C20H32N4O2/c1-3-21-20(22-11-14-26-2)23-16-19(25)24-12-9-18(10-13-24)15-17-7-5-4-6-8-17/h4-8,18H,3,9-16H2,1-2H3,(H2,21,22,23). The van der Waals surface area contributed by atoms with Gasteiger partial charge in [0.05, 0.1) is 6.61 Å². The second-order valence-electron chi connectivity index (χ2n) is 6.63. The van der Waals surface area contributed by atoms with Crippen LogP contribution in [0.15, 0.2) is 35.3 Å². The van der Waals surface area contributed by atoms with Gasteiger partial charge in [-0.05, 0) is 37.7 Å². The minimum absolute atomic E-state index is 0.104. The lowest BCUT2D eigenvalue weighted by atomic mass is 9.90. The summed E-state index contributed by atoms with van der Waals surface area (Å²) in [7, 11) is 1.66. The van der Waals surface area contributed by atoms with Gasteiger partial charge in [0.1, 0.15) is 6.54 Å². The summed E-state index contributed by atoms with van der Waals surface area (Å²) in [6.07, 6.45) is 3.24. The first-order chi connectivity index (χ1) is 12.7. The van der Waals surface area contributed by atoms with Crippen LogP contribution in [0.4, 0.5) is 0 Å². The first kappa shape index (κ1) is 20.2. The Morgan fingerprint density at radius 1 is 1.23 bits per heavy atom. The molecule has 1 amide bonds. The monoisotopic (exact) mass is 360 g/mol. The van der Waals surface area contributed by atoms with Crippen LogP contribution in [0.5, 0.6) is 0 Å². The number of piperidine rings is 1. The van der Waals surface area contributed by atoms with Crippen LogP contribution >= 0.6 is 0 Å². The van der Waals surface area contributed by atoms with E-state index in [1.54, 1.807) is 7.11 Å². The molecule has 1 aromatic rings. The van der Waals surface area contributed by atoms with E-state index in [1.807, 2.05) is 11.8 Å². The number of hydrogen-bond donors (Lipinski definition) is 2. The largest absolute Gasteiger partial charge is 0.383 e. The molecule has 6 nitrogen and oxygen atoms in total. The fourth-order valence-electron chi connectivity index (χ4n) is 3.19. The summed E-state index contributed by atoms with van der Waals surface area (Å²) in [5.74, 6) is 1.43. The molecule has 0 unspecified atom stereocenters. The number of amides is 1. The van der Waals surface area contributed by atoms with Gasteiger partial charge in [0.2, 0.25) is 5.91 Å². The summed E-state index contributed by atoms with van der Waals surface area (Å²) in [5.41, 5.74) is 1.39. The van der Waals surface area contributed by atoms with E-state index in [0.29, 0.717) is 25.0 Å². The van der Waals surface area contributed by atoms with Crippen molar-refractivity contribution in [3.63, 3.8) is 0 Å². The van der Waals surface area contributed by atoms with E-state index in [0.717, 1.165) is 38.9 Å². The fourth-order valence-corrected chi connectivity index (χ4v) is 3.19. The number of benzene rings is 1. The van der Waals surface area contributed by atoms with Crippen molar-refractivity contribution in [1.82, 2.24) is 15.5 Å². The SMILES string of the molecule is CCNC(=NCC(=O)N1CCC(Cc2ccccc2)CC1)NCCOC. The van der Waals surface area contributed by atoms with Gasteiger partial charge >= 0.3 is 0 Å². The Balaban J connectivity index is 1.75. The van der Waals surface area contributed by atoms with E-state index in [9.17, 15) is 4.79 Å². The van der Waals surface area contributed by atoms with Gasteiger partial charge in [-0.2, -0.15) is 0 Å². The molecule has 144 valence electrons. The zero-order valence-corrected chi connectivity index (χ0v) is 16.0. The molecule has 2 N–H and O–H groups in total. The molecule has 0 spiro atoms. The minimum Gasteiger partial charge on any atom is -0.383 e. The number of aliphatic imine (C=N–C) groups is 1. The average Bonchev–Trinajstić information content (AvgIpc) is 2.67. The smallest absolute Gasteiger partial charge is 0.244 e. The first-order valence-corrected chi connectivity index (χ1v) is 9.55. The summed E-state index contributed by atoms with van der Waals surface area (Å²) < 4.78 is 5.02. The van der Waals surface area contributed by atoms with Crippen molar-refractivity contribution in [2.75, 3.05) is 46.4 Å². The molecular weight excluding hydrogens is 328 g/mol. The van der Waals surface area contributed by atoms with E-state index < -0.39 is 0 Å². The molecular formula is C20H32N4O2. The van der Waals surface area contributed by atoms with Gasteiger partial charge in [0.25, 0.3) is 0 Å². The minimum atomic E-state index is 0.104. The first-order valence-electron chi connectivity index (χ1n) is 9.55. The number of hydrogen-bond acceptors (Lipinski definition) is 3. The topological polar surface area (TPSA) is 66.0 Å². The van der Waals surface area contributed by atoms with Crippen LogP contribution in [0, 0.1) is 5.92 Å². The maximum atomic E-state index is 12.4. The highest BCUT2D eigenvalue weighted by molar-refractivity contribution is 5.85. The molecule has 1 heterocycles. The number of methoxy groups -OCH3 is 1. The maximum absolute atomic E-state index is 12.4. The van der Waals surface area contributed by atoms with Gasteiger partial charge in [0, 0.05) is 33.3 Å². The summed E-state index contributed by atoms with van der Waals surface area (Å²) in [6.45, 7) is 5.89. The average molecular weight is 361 g/mol. The van der Waals surface area contributed by atoms with Crippen molar-refractivity contribution in [2.45, 2.75) is 26.2 Å². The molecule has 0 aliphatic carbocycles. The molecule has 26 heavy (non-hydrogen) atoms. The molecule has 1 aliphatic heterocycles. The summed E-state index contributed by atoms with van der Waals surface area (Å²) >= 11 is 0. The number of nitrogens with one attached hydrogen (secondary N) is 2. The Hall–Kier alpha value is -2.08. The van der Waals surface area contributed by atoms with Crippen molar-refractivity contribution in [3.8, 4) is 0 Å². The molecule has 6 heteroatoms. The Morgan fingerprint density at radius 3 is 2.62 bits per heavy atom. The Morgan fingerprint density at radius 2 is 1.96 bits per heavy atom. The fraction of sp³-hybridized carbons (Fsp3) is 0.600. The van der Waals surface area contributed by atoms with Gasteiger partial charge in [-0.25, -0.2) is 4.99 Å². The molecule has 1 aliphatic rings. The second kappa shape index (κ2) is 11.5. The highest BCUT2D eigenvalue weighted by Crippen LogP contribution is 2.21. The lowest BCUT2D eigenvalue weighted by Gasteiger charge is -2.31. The quantitative estimate of drug-likeness (QED) is 0.420. The number of carbonyl (C=O) groups excluding carboxylic acids is 1. The van der Waals surface area contributed by atoms with Crippen molar-refractivity contribution in [3.05, 3.63) is 35.9 Å². The molecule has 0 radical (unpaired) electrons. The van der Waals surface area contributed by atoms with Gasteiger partial charge in [-0.15, -0.1) is 0 Å². The zero-order valence-electron chi connectivity index (χ0n) is 16.0. The van der Waals surface area contributed by atoms with Crippen LogP contribution in [0.3, 0.4) is 0 Å². The van der Waals surface area contributed by atoms with E-state index in [4.69, 9.17) is 4.74 Å². The molecule has 0 saturated carbocycles. The van der Waals surface area contributed by atoms with E-state index >= 15 is 0 Å². The Kier molecular flexibility index (Phi) is 8.96. The third-order valence-electron chi connectivity index (χ3n) is 4.65. The van der Waals surface area contributed by atoms with Crippen LogP contribution < -0.4 is 10.6 Å². The molecule has 1 saturated heterocycles. The molecule has 1 aromatic carbocycles. The van der Waals surface area contributed by atoms with Crippen LogP contribution in [-0.2, 0) is 16.0 Å². The van der Waals surface area contributed by atoms with Crippen molar-refractivity contribution < 1.29 is 9.53 Å². The molecule has 1 fully saturated rings. The summed E-state index contributed by atoms with van der Waals surface area (Å²) in [6, 6.07) is 10.6. The number of carbonyl (C=O) groups is 1. The normalized spacial score (nSPS) is 15.8. The predicted octanol–water partition coefficient (Wildman–Crippen LogP) is 1.67. The van der Waals surface area contributed by atoms with Crippen molar-refractivity contribution in [2.24, 2.45) is 10.9 Å². The van der Waals surface area contributed by atoms with Gasteiger partial charge < -0.3 is 20.3 Å². The predicted molar refractivity (Wildman–Crippen MR) is 105 cm³/mol. The van der Waals surface area contributed by atoms with Gasteiger partial charge in [-0.1, -0.05) is 30.3 Å². The summed E-state index contributed by atoms with van der Waals surface area (Å²) in [4.78, 5) is 18.8. The Bertz CT molecular complexity index is 554. The van der Waals surface area contributed by atoms with E-state index in [1.165, 1.54) is 5.56 Å². The van der Waals surface area contributed by atoms with Gasteiger partial charge in [0.15, 0.2) is 5.96 Å². The molecule has 0 aromatic heterocycles. The second-order valence-corrected chi connectivity index (χ2v) is 6.63. The highest BCUT2D eigenvalue weighted by atomic mass is 16.5. The molecule has 0 atom stereocenters. The number of ether oxygens (including phenoxy) is 1. The van der Waals surface area contributed by atoms with Gasteiger partial charge in [-0.3, -0.25) is 4.79 Å². The van der Waals surface area contributed by atoms with Crippen molar-refractivity contribution in [1.29, 1.82) is 0 Å². The van der Waals surface area contributed by atoms with Crippen LogP contribution in [-0.4, -0.2) is 63.2 Å². The number of guanidine groups is 1.